The van der Waals surface area contributed by atoms with Crippen LogP contribution >= 0.6 is 0 Å². The zero-order valence-electron chi connectivity index (χ0n) is 17.4. The standard InChI is InChI=1S/C22H21N3O7/c1-13-4-3-5-15(8-13)23-19(26)11-25-21(29)16(24-22(25)30)9-14-6-7-17(18(10-14)31-2)32-12-20(27)28/h3-10H,11-12H2,1-2H3,(H,23,26)(H,24,30)(H,27,28)/b16-9+. The molecular formula is C22H21N3O7. The number of anilines is 1. The van der Waals surface area contributed by atoms with Crippen LogP contribution in [-0.2, 0) is 14.4 Å². The van der Waals surface area contributed by atoms with Crippen LogP contribution < -0.4 is 20.1 Å². The van der Waals surface area contributed by atoms with Crippen LogP contribution in [0.2, 0.25) is 0 Å². The Bertz CT molecular complexity index is 1110. The van der Waals surface area contributed by atoms with Crippen LogP contribution in [-0.4, -0.2) is 54.1 Å². The van der Waals surface area contributed by atoms with Crippen molar-refractivity contribution in [2.45, 2.75) is 6.92 Å². The van der Waals surface area contributed by atoms with Gasteiger partial charge in [0.1, 0.15) is 12.2 Å². The molecule has 2 aromatic carbocycles. The molecule has 3 N–H and O–H groups in total. The number of benzene rings is 2. The van der Waals surface area contributed by atoms with Gasteiger partial charge in [-0.05, 0) is 48.4 Å². The van der Waals surface area contributed by atoms with E-state index in [9.17, 15) is 19.2 Å². The minimum atomic E-state index is -1.14. The van der Waals surface area contributed by atoms with Gasteiger partial charge in [0.05, 0.1) is 7.11 Å². The SMILES string of the molecule is COc1cc(/C=C2/NC(=O)N(CC(=O)Nc3cccc(C)c3)C2=O)ccc1OCC(=O)O. The van der Waals surface area contributed by atoms with Crippen molar-refractivity contribution in [3.8, 4) is 11.5 Å². The maximum atomic E-state index is 12.6. The molecule has 1 heterocycles. The van der Waals surface area contributed by atoms with Crippen molar-refractivity contribution < 1.29 is 33.8 Å². The van der Waals surface area contributed by atoms with Gasteiger partial charge >= 0.3 is 12.0 Å². The molecule has 1 aliphatic rings. The minimum Gasteiger partial charge on any atom is -0.493 e. The average molecular weight is 439 g/mol. The van der Waals surface area contributed by atoms with Crippen molar-refractivity contribution in [3.05, 3.63) is 59.3 Å². The first kappa shape index (κ1) is 22.3. The second-order valence-corrected chi connectivity index (χ2v) is 6.89. The predicted octanol–water partition coefficient (Wildman–Crippen LogP) is 2.00. The fourth-order valence-electron chi connectivity index (χ4n) is 2.98. The maximum absolute atomic E-state index is 12.6. The molecule has 0 bridgehead atoms. The van der Waals surface area contributed by atoms with Gasteiger partial charge in [-0.2, -0.15) is 0 Å². The number of carboxylic acids is 1. The highest BCUT2D eigenvalue weighted by atomic mass is 16.5. The van der Waals surface area contributed by atoms with E-state index in [0.29, 0.717) is 11.3 Å². The van der Waals surface area contributed by atoms with Crippen LogP contribution in [0, 0.1) is 6.92 Å². The molecule has 0 atom stereocenters. The summed E-state index contributed by atoms with van der Waals surface area (Å²) >= 11 is 0. The van der Waals surface area contributed by atoms with Gasteiger partial charge in [0.25, 0.3) is 5.91 Å². The number of imide groups is 1. The Morgan fingerprint density at radius 3 is 2.62 bits per heavy atom. The van der Waals surface area contributed by atoms with E-state index in [0.717, 1.165) is 10.5 Å². The number of carboxylic acid groups (broad SMARTS) is 1. The van der Waals surface area contributed by atoms with Crippen molar-refractivity contribution in [3.63, 3.8) is 0 Å². The molecule has 3 rings (SSSR count). The van der Waals surface area contributed by atoms with Crippen LogP contribution in [0.1, 0.15) is 11.1 Å². The number of hydrogen-bond acceptors (Lipinski definition) is 6. The number of nitrogens with zero attached hydrogens (tertiary/aromatic N) is 1. The zero-order valence-corrected chi connectivity index (χ0v) is 17.4. The van der Waals surface area contributed by atoms with Crippen molar-refractivity contribution in [2.24, 2.45) is 0 Å². The van der Waals surface area contributed by atoms with E-state index >= 15 is 0 Å². The van der Waals surface area contributed by atoms with Crippen LogP contribution in [0.5, 0.6) is 11.5 Å². The molecule has 2 aromatic rings. The minimum absolute atomic E-state index is 0.0142. The number of ether oxygens (including phenoxy) is 2. The summed E-state index contributed by atoms with van der Waals surface area (Å²) in [4.78, 5) is 48.6. The molecule has 10 heteroatoms. The van der Waals surface area contributed by atoms with Crippen LogP contribution in [0.15, 0.2) is 48.2 Å². The largest absolute Gasteiger partial charge is 0.493 e. The van der Waals surface area contributed by atoms with Gasteiger partial charge in [-0.15, -0.1) is 0 Å². The van der Waals surface area contributed by atoms with Gasteiger partial charge in [0.2, 0.25) is 5.91 Å². The highest BCUT2D eigenvalue weighted by molar-refractivity contribution is 6.16. The molecule has 32 heavy (non-hydrogen) atoms. The summed E-state index contributed by atoms with van der Waals surface area (Å²) in [5, 5.41) is 13.8. The lowest BCUT2D eigenvalue weighted by Gasteiger charge is -2.12. The highest BCUT2D eigenvalue weighted by Crippen LogP contribution is 2.29. The smallest absolute Gasteiger partial charge is 0.341 e. The van der Waals surface area contributed by atoms with Gasteiger partial charge in [-0.3, -0.25) is 9.59 Å². The first-order valence-electron chi connectivity index (χ1n) is 9.50. The second kappa shape index (κ2) is 9.65. The number of methoxy groups -OCH3 is 1. The summed E-state index contributed by atoms with van der Waals surface area (Å²) in [6.45, 7) is 0.899. The van der Waals surface area contributed by atoms with Gasteiger partial charge in [0, 0.05) is 5.69 Å². The Labute approximate surface area is 183 Å². The molecule has 1 saturated heterocycles. The summed E-state index contributed by atoms with van der Waals surface area (Å²) in [5.41, 5.74) is 2.01. The summed E-state index contributed by atoms with van der Waals surface area (Å²) in [6.07, 6.45) is 1.42. The molecule has 4 amide bonds. The van der Waals surface area contributed by atoms with Crippen LogP contribution in [0.4, 0.5) is 10.5 Å². The van der Waals surface area contributed by atoms with E-state index in [-0.39, 0.29) is 17.2 Å². The molecule has 0 aliphatic carbocycles. The Morgan fingerprint density at radius 2 is 1.94 bits per heavy atom. The number of urea groups is 1. The number of hydrogen-bond donors (Lipinski definition) is 3. The third-order valence-electron chi connectivity index (χ3n) is 4.42. The van der Waals surface area contributed by atoms with Crippen molar-refractivity contribution in [1.29, 1.82) is 0 Å². The molecule has 0 unspecified atom stereocenters. The maximum Gasteiger partial charge on any atom is 0.341 e. The Kier molecular flexibility index (Phi) is 6.74. The van der Waals surface area contributed by atoms with E-state index in [1.807, 2.05) is 13.0 Å². The quantitative estimate of drug-likeness (QED) is 0.423. The fraction of sp³-hybridized carbons (Fsp3) is 0.182. The van der Waals surface area contributed by atoms with Crippen molar-refractivity contribution >= 4 is 35.6 Å². The normalized spacial score (nSPS) is 14.3. The van der Waals surface area contributed by atoms with E-state index in [2.05, 4.69) is 10.6 Å². The lowest BCUT2D eigenvalue weighted by Crippen LogP contribution is -2.38. The van der Waals surface area contributed by atoms with E-state index in [4.69, 9.17) is 14.6 Å². The molecule has 1 fully saturated rings. The Hall–Kier alpha value is -4.34. The Morgan fingerprint density at radius 1 is 1.16 bits per heavy atom. The highest BCUT2D eigenvalue weighted by Gasteiger charge is 2.35. The summed E-state index contributed by atoms with van der Waals surface area (Å²) < 4.78 is 10.3. The van der Waals surface area contributed by atoms with Crippen molar-refractivity contribution in [1.82, 2.24) is 10.2 Å². The fourth-order valence-corrected chi connectivity index (χ4v) is 2.98. The number of aryl methyl sites for hydroxylation is 1. The number of carbonyl (C=O) groups excluding carboxylic acids is 3. The number of carbonyl (C=O) groups is 4. The lowest BCUT2D eigenvalue weighted by atomic mass is 10.1. The summed E-state index contributed by atoms with van der Waals surface area (Å²) in [6, 6.07) is 11.0. The average Bonchev–Trinajstić information content (AvgIpc) is 2.99. The third kappa shape index (κ3) is 5.42. The summed E-state index contributed by atoms with van der Waals surface area (Å²) in [7, 11) is 1.39. The first-order valence-corrected chi connectivity index (χ1v) is 9.50. The molecular weight excluding hydrogens is 418 g/mol. The molecule has 166 valence electrons. The van der Waals surface area contributed by atoms with E-state index in [1.165, 1.54) is 25.3 Å². The number of rotatable bonds is 8. The topological polar surface area (TPSA) is 134 Å². The number of nitrogens with one attached hydrogen (secondary N) is 2. The van der Waals surface area contributed by atoms with Crippen LogP contribution in [0.25, 0.3) is 6.08 Å². The number of aliphatic carboxylic acids is 1. The summed E-state index contributed by atoms with van der Waals surface area (Å²) in [5.74, 6) is -1.83. The van der Waals surface area contributed by atoms with Gasteiger partial charge in [-0.25, -0.2) is 14.5 Å². The van der Waals surface area contributed by atoms with E-state index in [1.54, 1.807) is 24.3 Å². The van der Waals surface area contributed by atoms with Crippen molar-refractivity contribution in [2.75, 3.05) is 25.6 Å². The molecule has 0 radical (unpaired) electrons. The molecule has 0 saturated carbocycles. The zero-order chi connectivity index (χ0) is 23.3. The van der Waals surface area contributed by atoms with E-state index < -0.39 is 37.0 Å². The third-order valence-corrected chi connectivity index (χ3v) is 4.42. The Balaban J connectivity index is 1.70. The van der Waals surface area contributed by atoms with Gasteiger partial charge < -0.3 is 25.2 Å². The lowest BCUT2D eigenvalue weighted by molar-refractivity contribution is -0.139. The van der Waals surface area contributed by atoms with Gasteiger partial charge in [0.15, 0.2) is 18.1 Å². The predicted molar refractivity (Wildman–Crippen MR) is 114 cm³/mol. The van der Waals surface area contributed by atoms with Gasteiger partial charge in [-0.1, -0.05) is 18.2 Å². The molecule has 10 nitrogen and oxygen atoms in total. The molecule has 0 aromatic heterocycles. The van der Waals surface area contributed by atoms with Crippen LogP contribution in [0.3, 0.4) is 0 Å². The monoisotopic (exact) mass is 439 g/mol. The second-order valence-electron chi connectivity index (χ2n) is 6.89. The number of amides is 4. The first-order chi connectivity index (χ1) is 15.3. The molecule has 0 spiro atoms. The molecule has 1 aliphatic heterocycles.